The Morgan fingerprint density at radius 3 is 2.43 bits per heavy atom. The summed E-state index contributed by atoms with van der Waals surface area (Å²) in [4.78, 5) is 0. The topological polar surface area (TPSA) is 166 Å². The van der Waals surface area contributed by atoms with Crippen LogP contribution in [0.15, 0.2) is 5.16 Å². The second-order valence-corrected chi connectivity index (χ2v) is 7.71. The highest BCUT2D eigenvalue weighted by atomic mass is 32.3. The summed E-state index contributed by atoms with van der Waals surface area (Å²) in [5.41, 5.74) is -1.11. The highest BCUT2D eigenvalue weighted by Gasteiger charge is 2.44. The predicted molar refractivity (Wildman–Crippen MR) is 84.4 cm³/mol. The van der Waals surface area contributed by atoms with Gasteiger partial charge in [0.25, 0.3) is 0 Å². The van der Waals surface area contributed by atoms with E-state index in [-0.39, 0.29) is 11.5 Å². The van der Waals surface area contributed by atoms with Crippen LogP contribution in [0.25, 0.3) is 0 Å². The molecular formula is C10H19NO9S3. The average Bonchev–Trinajstić information content (AvgIpc) is 2.49. The molecule has 0 aliphatic carbocycles. The number of oxime groups is 1. The van der Waals surface area contributed by atoms with E-state index in [1.165, 1.54) is 11.8 Å². The maximum absolute atomic E-state index is 10.6. The van der Waals surface area contributed by atoms with Gasteiger partial charge in [0.15, 0.2) is 0 Å². The molecule has 136 valence electrons. The monoisotopic (exact) mass is 393 g/mol. The van der Waals surface area contributed by atoms with Crippen LogP contribution in [-0.4, -0.2) is 86.9 Å². The number of nitrogens with zero attached hydrogens (tertiary/aromatic N) is 1. The van der Waals surface area contributed by atoms with Gasteiger partial charge in [-0.05, 0) is 12.0 Å². The van der Waals surface area contributed by atoms with Crippen molar-refractivity contribution in [3.05, 3.63) is 0 Å². The van der Waals surface area contributed by atoms with Crippen LogP contribution in [0.4, 0.5) is 0 Å². The van der Waals surface area contributed by atoms with Gasteiger partial charge in [0.1, 0.15) is 34.9 Å². The maximum Gasteiger partial charge on any atom is 0.466 e. The zero-order valence-electron chi connectivity index (χ0n) is 12.0. The van der Waals surface area contributed by atoms with Gasteiger partial charge in [-0.3, -0.25) is 4.55 Å². The molecule has 23 heavy (non-hydrogen) atoms. The third-order valence-electron chi connectivity index (χ3n) is 2.85. The lowest BCUT2D eigenvalue weighted by atomic mass is 10.0. The molecule has 1 rings (SSSR count). The van der Waals surface area contributed by atoms with Gasteiger partial charge in [-0.25, -0.2) is 4.28 Å². The highest BCUT2D eigenvalue weighted by Crippen LogP contribution is 2.30. The largest absolute Gasteiger partial charge is 0.466 e. The molecule has 5 atom stereocenters. The predicted octanol–water partition coefficient (Wildman–Crippen LogP) is -1.59. The van der Waals surface area contributed by atoms with E-state index < -0.39 is 46.9 Å². The molecule has 0 bridgehead atoms. The summed E-state index contributed by atoms with van der Waals surface area (Å²) in [6.07, 6.45) is -3.58. The van der Waals surface area contributed by atoms with Crippen molar-refractivity contribution in [1.82, 2.24) is 0 Å². The molecule has 0 unspecified atom stereocenters. The lowest BCUT2D eigenvalue weighted by molar-refractivity contribution is -0.205. The molecular weight excluding hydrogens is 374 g/mol. The Bertz CT molecular complexity index is 498. The van der Waals surface area contributed by atoms with Crippen LogP contribution >= 0.6 is 23.5 Å². The van der Waals surface area contributed by atoms with E-state index in [9.17, 15) is 23.7 Å². The molecule has 0 saturated carbocycles. The Balaban J connectivity index is 2.84. The van der Waals surface area contributed by atoms with Crippen LogP contribution in [0.1, 0.15) is 6.42 Å². The summed E-state index contributed by atoms with van der Waals surface area (Å²) in [6.45, 7) is -0.583. The molecule has 1 fully saturated rings. The van der Waals surface area contributed by atoms with Crippen molar-refractivity contribution in [2.45, 2.75) is 36.3 Å². The van der Waals surface area contributed by atoms with Crippen molar-refractivity contribution in [3.8, 4) is 0 Å². The van der Waals surface area contributed by atoms with Crippen molar-refractivity contribution in [3.63, 3.8) is 0 Å². The second-order valence-electron chi connectivity index (χ2n) is 4.55. The maximum atomic E-state index is 10.6. The molecule has 0 aromatic heterocycles. The Morgan fingerprint density at radius 2 is 1.91 bits per heavy atom. The summed E-state index contributed by atoms with van der Waals surface area (Å²) < 4.78 is 38.9. The first-order valence-corrected chi connectivity index (χ1v) is 10.0. The fourth-order valence-electron chi connectivity index (χ4n) is 1.70. The van der Waals surface area contributed by atoms with Gasteiger partial charge in [0.05, 0.1) is 6.61 Å². The zero-order valence-corrected chi connectivity index (χ0v) is 14.5. The van der Waals surface area contributed by atoms with Gasteiger partial charge in [0.2, 0.25) is 0 Å². The van der Waals surface area contributed by atoms with Crippen LogP contribution in [0.5, 0.6) is 0 Å². The van der Waals surface area contributed by atoms with Crippen molar-refractivity contribution >= 4 is 39.0 Å². The van der Waals surface area contributed by atoms with Crippen molar-refractivity contribution in [2.24, 2.45) is 5.16 Å². The van der Waals surface area contributed by atoms with Gasteiger partial charge >= 0.3 is 10.4 Å². The molecule has 1 heterocycles. The SMILES string of the molecule is CSCC/C(=N\OS(=O)(=O)O)S[C@@H]1O[C@H](CO)[C@@H](O)[C@H](O)[C@H]1O. The highest BCUT2D eigenvalue weighted by molar-refractivity contribution is 8.14. The normalized spacial score (nSPS) is 32.8. The summed E-state index contributed by atoms with van der Waals surface area (Å²) in [7, 11) is -4.77. The van der Waals surface area contributed by atoms with E-state index in [4.69, 9.17) is 14.4 Å². The molecule has 0 radical (unpaired) electrons. The fraction of sp³-hybridized carbons (Fsp3) is 0.900. The number of aliphatic hydroxyl groups excluding tert-OH is 4. The molecule has 1 aliphatic heterocycles. The average molecular weight is 393 g/mol. The van der Waals surface area contributed by atoms with Gasteiger partial charge < -0.3 is 25.2 Å². The van der Waals surface area contributed by atoms with E-state index in [0.29, 0.717) is 5.75 Å². The Kier molecular flexibility index (Phi) is 8.54. The van der Waals surface area contributed by atoms with Crippen LogP contribution in [0.2, 0.25) is 0 Å². The Hall–Kier alpha value is -0.120. The number of hydrogen-bond donors (Lipinski definition) is 5. The Morgan fingerprint density at radius 1 is 1.26 bits per heavy atom. The number of aliphatic hydroxyl groups is 4. The standard InChI is InChI=1S/C10H19NO9S3/c1-21-3-2-6(11-20-23(16,17)18)22-10-9(15)8(14)7(13)5(4-12)19-10/h5,7-10,12-15H,2-4H2,1H3,(H,16,17,18)/b11-6+/t5-,7-,8+,9-,10+/m1/s1. The fourth-order valence-corrected chi connectivity index (χ4v) is 3.53. The third kappa shape index (κ3) is 6.72. The first-order chi connectivity index (χ1) is 10.7. The molecule has 0 aromatic carbocycles. The van der Waals surface area contributed by atoms with E-state index in [0.717, 1.165) is 11.8 Å². The lowest BCUT2D eigenvalue weighted by Crippen LogP contribution is -2.57. The summed E-state index contributed by atoms with van der Waals surface area (Å²) in [5.74, 6) is 0.540. The second kappa shape index (κ2) is 9.39. The van der Waals surface area contributed by atoms with E-state index in [1.807, 2.05) is 0 Å². The van der Waals surface area contributed by atoms with Gasteiger partial charge in [-0.2, -0.15) is 20.2 Å². The molecule has 13 heteroatoms. The molecule has 5 N–H and O–H groups in total. The number of thioether (sulfide) groups is 2. The third-order valence-corrected chi connectivity index (χ3v) is 4.90. The van der Waals surface area contributed by atoms with Crippen molar-refractivity contribution < 1.29 is 42.4 Å². The van der Waals surface area contributed by atoms with Crippen molar-refractivity contribution in [2.75, 3.05) is 18.6 Å². The van der Waals surface area contributed by atoms with Crippen LogP contribution in [-0.2, 0) is 19.4 Å². The van der Waals surface area contributed by atoms with Crippen LogP contribution in [0, 0.1) is 0 Å². The molecule has 1 saturated heterocycles. The van der Waals surface area contributed by atoms with Gasteiger partial charge in [-0.15, -0.1) is 0 Å². The first kappa shape index (κ1) is 20.9. The Labute approximate surface area is 141 Å². The molecule has 0 amide bonds. The summed E-state index contributed by atoms with van der Waals surface area (Å²) in [6, 6.07) is 0. The summed E-state index contributed by atoms with van der Waals surface area (Å²) >= 11 is 2.20. The first-order valence-electron chi connectivity index (χ1n) is 6.38. The van der Waals surface area contributed by atoms with E-state index >= 15 is 0 Å². The van der Waals surface area contributed by atoms with Gasteiger partial charge in [0, 0.05) is 6.42 Å². The quantitative estimate of drug-likeness (QED) is 0.146. The van der Waals surface area contributed by atoms with Crippen LogP contribution in [0.3, 0.4) is 0 Å². The molecule has 1 aliphatic rings. The molecule has 0 aromatic rings. The van der Waals surface area contributed by atoms with E-state index in [2.05, 4.69) is 9.44 Å². The minimum atomic E-state index is -4.77. The van der Waals surface area contributed by atoms with E-state index in [1.54, 1.807) is 6.26 Å². The number of hydrogen-bond acceptors (Lipinski definition) is 11. The van der Waals surface area contributed by atoms with Crippen LogP contribution < -0.4 is 0 Å². The smallest absolute Gasteiger partial charge is 0.394 e. The minimum Gasteiger partial charge on any atom is -0.394 e. The number of rotatable bonds is 7. The van der Waals surface area contributed by atoms with Crippen molar-refractivity contribution in [1.29, 1.82) is 0 Å². The lowest BCUT2D eigenvalue weighted by Gasteiger charge is -2.39. The summed E-state index contributed by atoms with van der Waals surface area (Å²) in [5, 5.41) is 41.8. The number of ether oxygens (including phenoxy) is 1. The van der Waals surface area contributed by atoms with Gasteiger partial charge in [-0.1, -0.05) is 16.9 Å². The zero-order chi connectivity index (χ0) is 17.6. The molecule has 0 spiro atoms. The molecule has 10 nitrogen and oxygen atoms in total. The minimum absolute atomic E-state index is 0.0845.